The average Bonchev–Trinajstić information content (AvgIpc) is 3.14. The Morgan fingerprint density at radius 1 is 1.12 bits per heavy atom. The maximum atomic E-state index is 12.2. The number of halogens is 1. The molecule has 3 fully saturated rings. The fourth-order valence-corrected chi connectivity index (χ4v) is 4.19. The van der Waals surface area contributed by atoms with E-state index in [4.69, 9.17) is 4.74 Å². The Balaban J connectivity index is 0.00000243. The van der Waals surface area contributed by atoms with E-state index in [0.29, 0.717) is 18.6 Å². The van der Waals surface area contributed by atoms with Gasteiger partial charge < -0.3 is 20.3 Å². The number of nitrogens with one attached hydrogen (secondary N) is 2. The third kappa shape index (κ3) is 6.23. The Morgan fingerprint density at radius 2 is 1.85 bits per heavy atom. The summed E-state index contributed by atoms with van der Waals surface area (Å²) in [6.07, 6.45) is 7.15. The topological polar surface area (TPSA) is 69.2 Å². The molecule has 2 heterocycles. The molecular formula is C18H34IN5O2. The van der Waals surface area contributed by atoms with Gasteiger partial charge in [-0.3, -0.25) is 14.7 Å². The summed E-state index contributed by atoms with van der Waals surface area (Å²) in [5.41, 5.74) is 0. The fourth-order valence-electron chi connectivity index (χ4n) is 4.19. The van der Waals surface area contributed by atoms with Crippen molar-refractivity contribution in [1.29, 1.82) is 0 Å². The Bertz CT molecular complexity index is 464. The molecule has 0 aromatic rings. The lowest BCUT2D eigenvalue weighted by molar-refractivity contribution is -0.120. The maximum Gasteiger partial charge on any atom is 0.239 e. The van der Waals surface area contributed by atoms with Crippen molar-refractivity contribution in [2.45, 2.75) is 50.6 Å². The molecule has 8 heteroatoms. The van der Waals surface area contributed by atoms with Gasteiger partial charge in [-0.25, -0.2) is 0 Å². The molecule has 26 heavy (non-hydrogen) atoms. The number of hydrogen-bond donors (Lipinski definition) is 2. The molecule has 1 saturated carbocycles. The Hall–Kier alpha value is -0.610. The zero-order valence-corrected chi connectivity index (χ0v) is 18.2. The first kappa shape index (κ1) is 21.7. The van der Waals surface area contributed by atoms with Gasteiger partial charge in [-0.2, -0.15) is 0 Å². The zero-order chi connectivity index (χ0) is 17.5. The standard InChI is InChI=1S/C18H33N5O2.HI/c1-19-18(20-13-17(24)21-15-5-3-2-4-6-15)23-8-7-16(14-23)22-9-11-25-12-10-22;/h15-16H,2-14H2,1H3,(H,19,20)(H,21,24);1H. The van der Waals surface area contributed by atoms with E-state index >= 15 is 0 Å². The minimum Gasteiger partial charge on any atom is -0.379 e. The molecule has 0 spiro atoms. The summed E-state index contributed by atoms with van der Waals surface area (Å²) in [6.45, 7) is 6.00. The van der Waals surface area contributed by atoms with E-state index in [0.717, 1.165) is 64.6 Å². The highest BCUT2D eigenvalue weighted by molar-refractivity contribution is 14.0. The van der Waals surface area contributed by atoms with Gasteiger partial charge in [0.15, 0.2) is 5.96 Å². The largest absolute Gasteiger partial charge is 0.379 e. The molecule has 2 aliphatic heterocycles. The van der Waals surface area contributed by atoms with Crippen molar-refractivity contribution in [2.24, 2.45) is 4.99 Å². The number of aliphatic imine (C=N–C) groups is 1. The lowest BCUT2D eigenvalue weighted by Crippen LogP contribution is -2.48. The van der Waals surface area contributed by atoms with E-state index in [1.165, 1.54) is 19.3 Å². The van der Waals surface area contributed by atoms with Crippen molar-refractivity contribution >= 4 is 35.8 Å². The van der Waals surface area contributed by atoms with Crippen LogP contribution in [0.25, 0.3) is 0 Å². The molecule has 2 N–H and O–H groups in total. The second-order valence-electron chi connectivity index (χ2n) is 7.34. The minimum atomic E-state index is 0. The number of morpholine rings is 1. The van der Waals surface area contributed by atoms with E-state index in [1.54, 1.807) is 7.05 Å². The van der Waals surface area contributed by atoms with Crippen LogP contribution in [0.4, 0.5) is 0 Å². The van der Waals surface area contributed by atoms with Gasteiger partial charge in [0.25, 0.3) is 0 Å². The van der Waals surface area contributed by atoms with Crippen LogP contribution in [0.5, 0.6) is 0 Å². The van der Waals surface area contributed by atoms with Gasteiger partial charge in [-0.1, -0.05) is 19.3 Å². The highest BCUT2D eigenvalue weighted by Gasteiger charge is 2.30. The van der Waals surface area contributed by atoms with Crippen molar-refractivity contribution in [3.05, 3.63) is 0 Å². The minimum absolute atomic E-state index is 0. The monoisotopic (exact) mass is 479 g/mol. The van der Waals surface area contributed by atoms with Crippen molar-refractivity contribution < 1.29 is 9.53 Å². The molecule has 3 aliphatic rings. The highest BCUT2D eigenvalue weighted by atomic mass is 127. The summed E-state index contributed by atoms with van der Waals surface area (Å²) in [7, 11) is 1.80. The summed E-state index contributed by atoms with van der Waals surface area (Å²) >= 11 is 0. The molecular weight excluding hydrogens is 445 g/mol. The molecule has 1 atom stereocenters. The third-order valence-electron chi connectivity index (χ3n) is 5.61. The van der Waals surface area contributed by atoms with Crippen LogP contribution < -0.4 is 10.6 Å². The molecule has 0 aromatic heterocycles. The molecule has 2 saturated heterocycles. The molecule has 0 aromatic carbocycles. The number of amides is 1. The molecule has 1 amide bonds. The fraction of sp³-hybridized carbons (Fsp3) is 0.889. The van der Waals surface area contributed by atoms with E-state index in [1.807, 2.05) is 0 Å². The van der Waals surface area contributed by atoms with Crippen LogP contribution in [0.2, 0.25) is 0 Å². The number of carbonyl (C=O) groups excluding carboxylic acids is 1. The smallest absolute Gasteiger partial charge is 0.239 e. The Morgan fingerprint density at radius 3 is 2.54 bits per heavy atom. The predicted molar refractivity (Wildman–Crippen MR) is 114 cm³/mol. The normalized spacial score (nSPS) is 25.7. The van der Waals surface area contributed by atoms with E-state index in [-0.39, 0.29) is 29.9 Å². The van der Waals surface area contributed by atoms with Crippen LogP contribution in [-0.4, -0.2) is 86.7 Å². The van der Waals surface area contributed by atoms with Crippen molar-refractivity contribution in [3.8, 4) is 0 Å². The summed E-state index contributed by atoms with van der Waals surface area (Å²) in [5, 5.41) is 6.40. The van der Waals surface area contributed by atoms with Crippen molar-refractivity contribution in [1.82, 2.24) is 20.4 Å². The SMILES string of the molecule is CN=C(NCC(=O)NC1CCCCC1)N1CCC(N2CCOCC2)C1.I. The van der Waals surface area contributed by atoms with Gasteiger partial charge in [-0.15, -0.1) is 24.0 Å². The second-order valence-corrected chi connectivity index (χ2v) is 7.34. The van der Waals surface area contributed by atoms with Crippen LogP contribution in [0, 0.1) is 0 Å². The summed E-state index contributed by atoms with van der Waals surface area (Å²) in [6, 6.07) is 0.932. The van der Waals surface area contributed by atoms with Gasteiger partial charge in [0.2, 0.25) is 5.91 Å². The molecule has 0 bridgehead atoms. The average molecular weight is 479 g/mol. The zero-order valence-electron chi connectivity index (χ0n) is 15.9. The second kappa shape index (κ2) is 11.3. The van der Waals surface area contributed by atoms with Crippen LogP contribution in [0.1, 0.15) is 38.5 Å². The maximum absolute atomic E-state index is 12.2. The summed E-state index contributed by atoms with van der Waals surface area (Å²) in [5.74, 6) is 0.923. The van der Waals surface area contributed by atoms with Crippen LogP contribution in [0.3, 0.4) is 0 Å². The Labute approximate surface area is 174 Å². The molecule has 1 unspecified atom stereocenters. The summed E-state index contributed by atoms with van der Waals surface area (Å²) in [4.78, 5) is 21.4. The lowest BCUT2D eigenvalue weighted by atomic mass is 9.95. The van der Waals surface area contributed by atoms with Crippen molar-refractivity contribution in [2.75, 3.05) is 53.0 Å². The van der Waals surface area contributed by atoms with Crippen LogP contribution in [-0.2, 0) is 9.53 Å². The lowest BCUT2D eigenvalue weighted by Gasteiger charge is -2.32. The molecule has 150 valence electrons. The van der Waals surface area contributed by atoms with Gasteiger partial charge in [0.1, 0.15) is 0 Å². The van der Waals surface area contributed by atoms with Gasteiger partial charge in [-0.05, 0) is 19.3 Å². The quantitative estimate of drug-likeness (QED) is 0.358. The molecule has 7 nitrogen and oxygen atoms in total. The van der Waals surface area contributed by atoms with Gasteiger partial charge in [0.05, 0.1) is 19.8 Å². The first-order chi connectivity index (χ1) is 12.3. The van der Waals surface area contributed by atoms with E-state index < -0.39 is 0 Å². The summed E-state index contributed by atoms with van der Waals surface area (Å²) < 4.78 is 5.45. The van der Waals surface area contributed by atoms with Crippen LogP contribution in [0.15, 0.2) is 4.99 Å². The number of ether oxygens (including phenoxy) is 1. The first-order valence-electron chi connectivity index (χ1n) is 9.83. The predicted octanol–water partition coefficient (Wildman–Crippen LogP) is 1.04. The third-order valence-corrected chi connectivity index (χ3v) is 5.61. The number of hydrogen-bond acceptors (Lipinski definition) is 4. The van der Waals surface area contributed by atoms with E-state index in [2.05, 4.69) is 25.4 Å². The van der Waals surface area contributed by atoms with Crippen LogP contribution >= 0.6 is 24.0 Å². The Kier molecular flexibility index (Phi) is 9.41. The van der Waals surface area contributed by atoms with Gasteiger partial charge >= 0.3 is 0 Å². The number of carbonyl (C=O) groups is 1. The van der Waals surface area contributed by atoms with Crippen molar-refractivity contribution in [3.63, 3.8) is 0 Å². The highest BCUT2D eigenvalue weighted by Crippen LogP contribution is 2.18. The number of rotatable bonds is 4. The first-order valence-corrected chi connectivity index (χ1v) is 9.83. The van der Waals surface area contributed by atoms with Gasteiger partial charge in [0, 0.05) is 45.3 Å². The molecule has 3 rings (SSSR count). The number of guanidine groups is 1. The number of nitrogens with zero attached hydrogens (tertiary/aromatic N) is 3. The molecule has 0 radical (unpaired) electrons. The number of likely N-dealkylation sites (tertiary alicyclic amines) is 1. The van der Waals surface area contributed by atoms with E-state index in [9.17, 15) is 4.79 Å². The molecule has 1 aliphatic carbocycles.